The van der Waals surface area contributed by atoms with Crippen LogP contribution in [-0.4, -0.2) is 4.98 Å². The summed E-state index contributed by atoms with van der Waals surface area (Å²) in [6.07, 6.45) is 0. The average Bonchev–Trinajstić information content (AvgIpc) is 2.49. The van der Waals surface area contributed by atoms with E-state index in [4.69, 9.17) is 10.2 Å². The molecule has 0 unspecified atom stereocenters. The Morgan fingerprint density at radius 1 is 1.50 bits per heavy atom. The Labute approximate surface area is 77.7 Å². The fourth-order valence-corrected chi connectivity index (χ4v) is 1.31. The molecule has 1 aromatic carbocycles. The summed E-state index contributed by atoms with van der Waals surface area (Å²) in [5, 5.41) is 0.612. The molecule has 0 amide bonds. The molecule has 0 aliphatic heterocycles. The molecule has 12 heavy (non-hydrogen) atoms. The van der Waals surface area contributed by atoms with Gasteiger partial charge < -0.3 is 10.2 Å². The molecule has 3 nitrogen and oxygen atoms in total. The number of nitrogens with zero attached hydrogens (tertiary/aromatic N) is 1. The topological polar surface area (TPSA) is 52.0 Å². The van der Waals surface area contributed by atoms with Gasteiger partial charge in [-0.15, -0.1) is 0 Å². The molecule has 0 aliphatic rings. The molecule has 2 rings (SSSR count). The van der Waals surface area contributed by atoms with Crippen molar-refractivity contribution in [3.05, 3.63) is 24.1 Å². The number of aromatic nitrogens is 1. The normalized spacial score (nSPS) is 10.8. The van der Waals surface area contributed by atoms with Crippen molar-refractivity contribution >= 4 is 32.7 Å². The van der Waals surface area contributed by atoms with Crippen molar-refractivity contribution < 1.29 is 4.42 Å². The summed E-state index contributed by atoms with van der Waals surface area (Å²) in [6.45, 7) is 0. The Bertz CT molecular complexity index is 410. The summed E-state index contributed by atoms with van der Waals surface area (Å²) >= 11 is 3.26. The molecule has 62 valence electrons. The van der Waals surface area contributed by atoms with Crippen molar-refractivity contribution in [1.29, 1.82) is 0 Å². The second kappa shape index (κ2) is 2.79. The number of anilines is 1. The first-order valence-corrected chi connectivity index (χ1v) is 4.63. The molecular formula is C8H7BrN2O. The van der Waals surface area contributed by atoms with Crippen LogP contribution in [0.15, 0.2) is 22.6 Å². The van der Waals surface area contributed by atoms with Gasteiger partial charge in [-0.2, -0.15) is 0 Å². The van der Waals surface area contributed by atoms with E-state index in [0.29, 0.717) is 22.5 Å². The smallest absolute Gasteiger partial charge is 0.206 e. The van der Waals surface area contributed by atoms with E-state index in [1.807, 2.05) is 12.1 Å². The van der Waals surface area contributed by atoms with Gasteiger partial charge in [0.2, 0.25) is 5.89 Å². The van der Waals surface area contributed by atoms with Gasteiger partial charge in [0, 0.05) is 0 Å². The highest BCUT2D eigenvalue weighted by molar-refractivity contribution is 9.08. The number of oxazole rings is 1. The highest BCUT2D eigenvalue weighted by atomic mass is 79.9. The van der Waals surface area contributed by atoms with Crippen molar-refractivity contribution in [2.75, 3.05) is 5.73 Å². The molecule has 1 aromatic heterocycles. The van der Waals surface area contributed by atoms with Crippen LogP contribution < -0.4 is 5.73 Å². The van der Waals surface area contributed by atoms with Gasteiger partial charge in [0.15, 0.2) is 5.58 Å². The van der Waals surface area contributed by atoms with E-state index in [1.54, 1.807) is 6.07 Å². The zero-order chi connectivity index (χ0) is 8.55. The minimum absolute atomic E-state index is 0.612. The summed E-state index contributed by atoms with van der Waals surface area (Å²) in [7, 11) is 0. The molecule has 0 fully saturated rings. The lowest BCUT2D eigenvalue weighted by Gasteiger charge is -1.89. The van der Waals surface area contributed by atoms with Gasteiger partial charge in [-0.25, -0.2) is 4.98 Å². The van der Waals surface area contributed by atoms with Gasteiger partial charge in [0.1, 0.15) is 5.52 Å². The lowest BCUT2D eigenvalue weighted by atomic mass is 10.3. The van der Waals surface area contributed by atoms with Crippen LogP contribution in [0, 0.1) is 0 Å². The lowest BCUT2D eigenvalue weighted by Crippen LogP contribution is -1.82. The number of rotatable bonds is 1. The largest absolute Gasteiger partial charge is 0.438 e. The van der Waals surface area contributed by atoms with E-state index in [0.717, 1.165) is 5.52 Å². The fourth-order valence-electron chi connectivity index (χ4n) is 1.07. The molecule has 0 radical (unpaired) electrons. The molecule has 2 aromatic rings. The Morgan fingerprint density at radius 2 is 2.33 bits per heavy atom. The molecule has 4 heteroatoms. The summed E-state index contributed by atoms with van der Waals surface area (Å²) in [5.41, 5.74) is 7.79. The van der Waals surface area contributed by atoms with Crippen LogP contribution in [0.4, 0.5) is 5.69 Å². The first-order valence-electron chi connectivity index (χ1n) is 3.51. The SMILES string of the molecule is Nc1cccc2nc(CBr)oc12. The van der Waals surface area contributed by atoms with E-state index >= 15 is 0 Å². The van der Waals surface area contributed by atoms with Crippen molar-refractivity contribution in [2.45, 2.75) is 5.33 Å². The molecule has 2 N–H and O–H groups in total. The fraction of sp³-hybridized carbons (Fsp3) is 0.125. The van der Waals surface area contributed by atoms with E-state index in [2.05, 4.69) is 20.9 Å². The van der Waals surface area contributed by atoms with Gasteiger partial charge in [0.05, 0.1) is 11.0 Å². The minimum atomic E-state index is 0.612. The van der Waals surface area contributed by atoms with Crippen LogP contribution in [0.25, 0.3) is 11.1 Å². The maximum Gasteiger partial charge on any atom is 0.206 e. The number of para-hydroxylation sites is 1. The third-order valence-electron chi connectivity index (χ3n) is 1.60. The highest BCUT2D eigenvalue weighted by Gasteiger charge is 2.05. The highest BCUT2D eigenvalue weighted by Crippen LogP contribution is 2.22. The van der Waals surface area contributed by atoms with E-state index < -0.39 is 0 Å². The summed E-state index contributed by atoms with van der Waals surface area (Å²) in [4.78, 5) is 4.20. The van der Waals surface area contributed by atoms with Crippen LogP contribution in [0.5, 0.6) is 0 Å². The molecule has 0 spiro atoms. The number of nitrogens with two attached hydrogens (primary N) is 1. The summed E-state index contributed by atoms with van der Waals surface area (Å²) in [5.74, 6) is 0.655. The van der Waals surface area contributed by atoms with Crippen LogP contribution >= 0.6 is 15.9 Å². The summed E-state index contributed by atoms with van der Waals surface area (Å²) in [6, 6.07) is 5.53. The second-order valence-electron chi connectivity index (χ2n) is 2.44. The quantitative estimate of drug-likeness (QED) is 0.600. The number of halogens is 1. The first-order chi connectivity index (χ1) is 5.81. The van der Waals surface area contributed by atoms with Crippen LogP contribution in [0.3, 0.4) is 0 Å². The van der Waals surface area contributed by atoms with Crippen molar-refractivity contribution in [1.82, 2.24) is 4.98 Å². The maximum absolute atomic E-state index is 5.68. The third-order valence-corrected chi connectivity index (χ3v) is 2.08. The van der Waals surface area contributed by atoms with Crippen molar-refractivity contribution in [3.8, 4) is 0 Å². The van der Waals surface area contributed by atoms with Gasteiger partial charge in [0.25, 0.3) is 0 Å². The number of nitrogen functional groups attached to an aromatic ring is 1. The number of benzene rings is 1. The zero-order valence-electron chi connectivity index (χ0n) is 6.25. The predicted molar refractivity (Wildman–Crippen MR) is 51.1 cm³/mol. The third kappa shape index (κ3) is 1.08. The predicted octanol–water partition coefficient (Wildman–Crippen LogP) is 2.30. The van der Waals surface area contributed by atoms with Crippen molar-refractivity contribution in [2.24, 2.45) is 0 Å². The average molecular weight is 227 g/mol. The molecule has 0 atom stereocenters. The number of fused-ring (bicyclic) bond motifs is 1. The van der Waals surface area contributed by atoms with Crippen LogP contribution in [-0.2, 0) is 5.33 Å². The Kier molecular flexibility index (Phi) is 1.77. The molecule has 0 saturated carbocycles. The number of alkyl halides is 1. The van der Waals surface area contributed by atoms with Gasteiger partial charge in [-0.3, -0.25) is 0 Å². The van der Waals surface area contributed by atoms with Crippen molar-refractivity contribution in [3.63, 3.8) is 0 Å². The molecule has 1 heterocycles. The first kappa shape index (κ1) is 7.61. The standard InChI is InChI=1S/C8H7BrN2O/c9-4-7-11-6-3-1-2-5(10)8(6)12-7/h1-3H,4,10H2. The Morgan fingerprint density at radius 3 is 3.00 bits per heavy atom. The monoisotopic (exact) mass is 226 g/mol. The van der Waals surface area contributed by atoms with Crippen LogP contribution in [0.1, 0.15) is 5.89 Å². The molecular weight excluding hydrogens is 220 g/mol. The minimum Gasteiger partial charge on any atom is -0.438 e. The molecule has 0 saturated heterocycles. The zero-order valence-corrected chi connectivity index (χ0v) is 7.84. The lowest BCUT2D eigenvalue weighted by molar-refractivity contribution is 0.558. The second-order valence-corrected chi connectivity index (χ2v) is 3.00. The van der Waals surface area contributed by atoms with Gasteiger partial charge >= 0.3 is 0 Å². The van der Waals surface area contributed by atoms with Gasteiger partial charge in [-0.1, -0.05) is 22.0 Å². The number of hydrogen-bond donors (Lipinski definition) is 1. The Hall–Kier alpha value is -1.03. The molecule has 0 bridgehead atoms. The summed E-state index contributed by atoms with van der Waals surface area (Å²) < 4.78 is 5.36. The van der Waals surface area contributed by atoms with Crippen LogP contribution in [0.2, 0.25) is 0 Å². The number of hydrogen-bond acceptors (Lipinski definition) is 3. The van der Waals surface area contributed by atoms with E-state index in [9.17, 15) is 0 Å². The van der Waals surface area contributed by atoms with E-state index in [1.165, 1.54) is 0 Å². The molecule has 0 aliphatic carbocycles. The van der Waals surface area contributed by atoms with Gasteiger partial charge in [-0.05, 0) is 12.1 Å². The van der Waals surface area contributed by atoms with E-state index in [-0.39, 0.29) is 0 Å². The maximum atomic E-state index is 5.68. The Balaban J connectivity index is 2.74.